The molecule has 0 aliphatic heterocycles. The molecule has 0 bridgehead atoms. The molecular weight excluding hydrogens is 398 g/mol. The van der Waals surface area contributed by atoms with Crippen molar-refractivity contribution in [3.8, 4) is 5.75 Å². The maximum atomic E-state index is 12.5. The molecule has 4 heteroatoms. The zero-order valence-corrected chi connectivity index (χ0v) is 17.8. The highest BCUT2D eigenvalue weighted by molar-refractivity contribution is 6.19. The van der Waals surface area contributed by atoms with Gasteiger partial charge >= 0.3 is 5.97 Å². The molecule has 0 spiro atoms. The van der Waals surface area contributed by atoms with Crippen LogP contribution < -0.4 is 0 Å². The lowest BCUT2D eigenvalue weighted by Gasteiger charge is -2.10. The first-order valence-electron chi connectivity index (χ1n) is 10.6. The van der Waals surface area contributed by atoms with Crippen LogP contribution in [0.5, 0.6) is 5.75 Å². The molecule has 1 aromatic heterocycles. The lowest BCUT2D eigenvalue weighted by atomic mass is 10.0. The zero-order valence-electron chi connectivity index (χ0n) is 17.8. The van der Waals surface area contributed by atoms with E-state index < -0.39 is 5.97 Å². The van der Waals surface area contributed by atoms with E-state index in [0.29, 0.717) is 22.9 Å². The topological polar surface area (TPSA) is 51.5 Å². The fourth-order valence-corrected chi connectivity index (χ4v) is 4.47. The van der Waals surface area contributed by atoms with Crippen molar-refractivity contribution in [3.63, 3.8) is 0 Å². The first-order valence-corrected chi connectivity index (χ1v) is 10.6. The predicted octanol–water partition coefficient (Wildman–Crippen LogP) is 5.93. The third kappa shape index (κ3) is 3.50. The van der Waals surface area contributed by atoms with Crippen LogP contribution in [-0.4, -0.2) is 22.8 Å². The largest absolute Gasteiger partial charge is 0.507 e. The van der Waals surface area contributed by atoms with Crippen LogP contribution in [0.25, 0.3) is 21.8 Å². The Hall–Kier alpha value is -4.05. The van der Waals surface area contributed by atoms with E-state index in [0.717, 1.165) is 23.0 Å². The Balaban J connectivity index is 1.63. The smallest absolute Gasteiger partial charge is 0.338 e. The van der Waals surface area contributed by atoms with Crippen LogP contribution in [0.2, 0.25) is 0 Å². The molecule has 0 aliphatic rings. The van der Waals surface area contributed by atoms with Crippen molar-refractivity contribution in [1.29, 1.82) is 0 Å². The zero-order chi connectivity index (χ0) is 22.1. The van der Waals surface area contributed by atoms with Gasteiger partial charge in [-0.2, -0.15) is 0 Å². The summed E-state index contributed by atoms with van der Waals surface area (Å²) in [6, 6.07) is 30.0. The highest BCUT2D eigenvalue weighted by Gasteiger charge is 2.20. The fourth-order valence-electron chi connectivity index (χ4n) is 4.47. The second kappa shape index (κ2) is 8.23. The van der Waals surface area contributed by atoms with Crippen LogP contribution in [0.3, 0.4) is 0 Å². The molecule has 0 saturated heterocycles. The Kier molecular flexibility index (Phi) is 5.12. The number of carbonyl (C=O) groups excluding carboxylic acids is 1. The van der Waals surface area contributed by atoms with E-state index in [4.69, 9.17) is 4.74 Å². The summed E-state index contributed by atoms with van der Waals surface area (Å²) in [5, 5.41) is 12.1. The summed E-state index contributed by atoms with van der Waals surface area (Å²) in [4.78, 5) is 12.5. The van der Waals surface area contributed by atoms with Crippen molar-refractivity contribution in [2.24, 2.45) is 0 Å². The van der Waals surface area contributed by atoms with Gasteiger partial charge in [0.15, 0.2) is 0 Å². The molecule has 0 radical (unpaired) electrons. The van der Waals surface area contributed by atoms with Gasteiger partial charge in [0.25, 0.3) is 0 Å². The molecule has 0 amide bonds. The molecule has 32 heavy (non-hydrogen) atoms. The van der Waals surface area contributed by atoms with E-state index in [-0.39, 0.29) is 5.75 Å². The summed E-state index contributed by atoms with van der Waals surface area (Å²) in [5.41, 5.74) is 5.89. The molecular formula is C28H23NO3. The van der Waals surface area contributed by atoms with Gasteiger partial charge in [0, 0.05) is 11.9 Å². The average Bonchev–Trinajstić information content (AvgIpc) is 3.14. The minimum atomic E-state index is -0.414. The molecule has 1 N–H and O–H groups in total. The number of phenolic OH excluding ortho intramolecular Hbond substituents is 1. The lowest BCUT2D eigenvalue weighted by Crippen LogP contribution is -2.03. The predicted molar refractivity (Wildman–Crippen MR) is 127 cm³/mol. The number of hydrogen-bond donors (Lipinski definition) is 1. The van der Waals surface area contributed by atoms with E-state index in [1.54, 1.807) is 12.1 Å². The quantitative estimate of drug-likeness (QED) is 0.358. The molecule has 0 aliphatic carbocycles. The van der Waals surface area contributed by atoms with Gasteiger partial charge in [0.05, 0.1) is 29.1 Å². The highest BCUT2D eigenvalue weighted by atomic mass is 16.5. The maximum absolute atomic E-state index is 12.5. The number of benzene rings is 4. The third-order valence-corrected chi connectivity index (χ3v) is 5.88. The standard InChI is InChI=1S/C28H23NO3/c1-32-28(31)22-12-6-13-23-26(22)27-24(14-7-15-25(27)30)29(23)18-21-11-5-10-20(17-21)16-19-8-3-2-4-9-19/h2-15,17,30H,16,18H2,1H3. The Bertz CT molecular complexity index is 1430. The SMILES string of the molecule is COC(=O)c1cccc2c1c1c(O)cccc1n2Cc1cccc(Cc2ccccc2)c1. The van der Waals surface area contributed by atoms with Gasteiger partial charge in [0.1, 0.15) is 5.75 Å². The highest BCUT2D eigenvalue weighted by Crippen LogP contribution is 2.37. The summed E-state index contributed by atoms with van der Waals surface area (Å²) in [6.45, 7) is 0.622. The van der Waals surface area contributed by atoms with E-state index in [9.17, 15) is 9.90 Å². The van der Waals surface area contributed by atoms with Gasteiger partial charge < -0.3 is 14.4 Å². The molecule has 1 heterocycles. The van der Waals surface area contributed by atoms with Crippen molar-refractivity contribution in [3.05, 3.63) is 113 Å². The number of carbonyl (C=O) groups is 1. The molecule has 4 aromatic carbocycles. The van der Waals surface area contributed by atoms with E-state index in [1.807, 2.05) is 30.3 Å². The summed E-state index contributed by atoms with van der Waals surface area (Å²) in [7, 11) is 1.37. The molecule has 158 valence electrons. The maximum Gasteiger partial charge on any atom is 0.338 e. The van der Waals surface area contributed by atoms with Crippen molar-refractivity contribution >= 4 is 27.8 Å². The normalized spacial score (nSPS) is 11.2. The van der Waals surface area contributed by atoms with Crippen LogP contribution in [0, 0.1) is 0 Å². The Morgan fingerprint density at radius 1 is 0.781 bits per heavy atom. The molecule has 0 saturated carbocycles. The van der Waals surface area contributed by atoms with Gasteiger partial charge in [0.2, 0.25) is 0 Å². The van der Waals surface area contributed by atoms with Crippen molar-refractivity contribution < 1.29 is 14.6 Å². The summed E-state index contributed by atoms with van der Waals surface area (Å²) >= 11 is 0. The number of phenols is 1. The minimum absolute atomic E-state index is 0.153. The Morgan fingerprint density at radius 3 is 2.22 bits per heavy atom. The van der Waals surface area contributed by atoms with E-state index >= 15 is 0 Å². The number of aromatic nitrogens is 1. The molecule has 5 rings (SSSR count). The third-order valence-electron chi connectivity index (χ3n) is 5.88. The fraction of sp³-hybridized carbons (Fsp3) is 0.107. The Morgan fingerprint density at radius 2 is 1.44 bits per heavy atom. The first-order chi connectivity index (χ1) is 15.7. The van der Waals surface area contributed by atoms with Gasteiger partial charge in [-0.3, -0.25) is 0 Å². The van der Waals surface area contributed by atoms with Crippen molar-refractivity contribution in [2.75, 3.05) is 7.11 Å². The number of aromatic hydroxyl groups is 1. The van der Waals surface area contributed by atoms with Gasteiger partial charge in [-0.05, 0) is 47.4 Å². The van der Waals surface area contributed by atoms with Crippen LogP contribution in [0.4, 0.5) is 0 Å². The molecule has 0 fully saturated rings. The van der Waals surface area contributed by atoms with Gasteiger partial charge in [-0.25, -0.2) is 4.79 Å². The Labute approximate surface area is 186 Å². The summed E-state index contributed by atoms with van der Waals surface area (Å²) in [5.74, 6) is -0.261. The molecule has 4 nitrogen and oxygen atoms in total. The summed E-state index contributed by atoms with van der Waals surface area (Å²) < 4.78 is 7.15. The van der Waals surface area contributed by atoms with E-state index in [2.05, 4.69) is 53.1 Å². The van der Waals surface area contributed by atoms with Crippen LogP contribution in [-0.2, 0) is 17.7 Å². The van der Waals surface area contributed by atoms with Crippen molar-refractivity contribution in [2.45, 2.75) is 13.0 Å². The number of hydrogen-bond acceptors (Lipinski definition) is 3. The molecule has 0 atom stereocenters. The lowest BCUT2D eigenvalue weighted by molar-refractivity contribution is 0.0603. The van der Waals surface area contributed by atoms with Gasteiger partial charge in [-0.15, -0.1) is 0 Å². The molecule has 0 unspecified atom stereocenters. The minimum Gasteiger partial charge on any atom is -0.507 e. The van der Waals surface area contributed by atoms with Crippen LogP contribution in [0.1, 0.15) is 27.0 Å². The van der Waals surface area contributed by atoms with Crippen LogP contribution >= 0.6 is 0 Å². The van der Waals surface area contributed by atoms with Crippen LogP contribution in [0.15, 0.2) is 91.0 Å². The molecule has 5 aromatic rings. The average molecular weight is 421 g/mol. The number of fused-ring (bicyclic) bond motifs is 3. The van der Waals surface area contributed by atoms with Crippen molar-refractivity contribution in [1.82, 2.24) is 4.57 Å². The second-order valence-electron chi connectivity index (χ2n) is 7.93. The first kappa shape index (κ1) is 19.9. The number of methoxy groups -OCH3 is 1. The monoisotopic (exact) mass is 421 g/mol. The number of esters is 1. The summed E-state index contributed by atoms with van der Waals surface area (Å²) in [6.07, 6.45) is 0.870. The van der Waals surface area contributed by atoms with Gasteiger partial charge in [-0.1, -0.05) is 66.7 Å². The number of nitrogens with zero attached hydrogens (tertiary/aromatic N) is 1. The van der Waals surface area contributed by atoms with E-state index in [1.165, 1.54) is 18.2 Å². The number of rotatable bonds is 5. The second-order valence-corrected chi connectivity index (χ2v) is 7.93. The number of ether oxygens (including phenoxy) is 1.